The van der Waals surface area contributed by atoms with Crippen molar-refractivity contribution in [1.29, 1.82) is 0 Å². The SMILES string of the molecule is CCC[C@]1(CO)CCN(Cc2ccc(OCCc3ccccc3)cc2)C[C@H]1O. The van der Waals surface area contributed by atoms with E-state index in [0.717, 1.165) is 44.5 Å². The minimum atomic E-state index is -0.466. The first-order chi connectivity index (χ1) is 13.6. The van der Waals surface area contributed by atoms with Gasteiger partial charge >= 0.3 is 0 Å². The van der Waals surface area contributed by atoms with Gasteiger partial charge in [-0.3, -0.25) is 4.90 Å². The number of hydrogen-bond donors (Lipinski definition) is 2. The molecular formula is C24H33NO3. The molecular weight excluding hydrogens is 350 g/mol. The number of benzene rings is 2. The molecule has 0 radical (unpaired) electrons. The highest BCUT2D eigenvalue weighted by molar-refractivity contribution is 5.27. The zero-order valence-corrected chi connectivity index (χ0v) is 16.9. The Morgan fingerprint density at radius 1 is 1.07 bits per heavy atom. The van der Waals surface area contributed by atoms with E-state index in [1.54, 1.807) is 0 Å². The van der Waals surface area contributed by atoms with Crippen LogP contribution in [0.1, 0.15) is 37.3 Å². The lowest BCUT2D eigenvalue weighted by molar-refractivity contribution is -0.0802. The van der Waals surface area contributed by atoms with Gasteiger partial charge < -0.3 is 14.9 Å². The van der Waals surface area contributed by atoms with Gasteiger partial charge in [-0.05, 0) is 42.6 Å². The Hall–Kier alpha value is -1.88. The molecule has 2 aromatic carbocycles. The monoisotopic (exact) mass is 383 g/mol. The molecule has 4 nitrogen and oxygen atoms in total. The molecule has 2 N–H and O–H groups in total. The highest BCUT2D eigenvalue weighted by Crippen LogP contribution is 2.36. The highest BCUT2D eigenvalue weighted by Gasteiger charge is 2.40. The Kier molecular flexibility index (Phi) is 7.49. The van der Waals surface area contributed by atoms with Crippen molar-refractivity contribution in [3.8, 4) is 5.75 Å². The van der Waals surface area contributed by atoms with Crippen LogP contribution < -0.4 is 4.74 Å². The number of likely N-dealkylation sites (tertiary alicyclic amines) is 1. The van der Waals surface area contributed by atoms with E-state index in [1.165, 1.54) is 11.1 Å². The van der Waals surface area contributed by atoms with E-state index in [1.807, 2.05) is 18.2 Å². The quantitative estimate of drug-likeness (QED) is 0.694. The summed E-state index contributed by atoms with van der Waals surface area (Å²) >= 11 is 0. The second kappa shape index (κ2) is 10.1. The van der Waals surface area contributed by atoms with Gasteiger partial charge in [0.05, 0.1) is 19.3 Å². The van der Waals surface area contributed by atoms with E-state index in [2.05, 4.69) is 48.2 Å². The van der Waals surface area contributed by atoms with Crippen molar-refractivity contribution < 1.29 is 14.9 Å². The third kappa shape index (κ3) is 5.34. The van der Waals surface area contributed by atoms with Gasteiger partial charge in [-0.2, -0.15) is 0 Å². The molecule has 1 aliphatic rings. The lowest BCUT2D eigenvalue weighted by atomic mass is 9.73. The Bertz CT molecular complexity index is 704. The molecule has 0 unspecified atom stereocenters. The standard InChI is InChI=1S/C24H33NO3/c1-2-13-24(19-26)14-15-25(18-23(24)27)17-21-8-10-22(11-9-21)28-16-12-20-6-4-3-5-7-20/h3-11,23,26-27H,2,12-19H2,1H3/t23-,24-/m1/s1. The maximum atomic E-state index is 10.6. The Morgan fingerprint density at radius 2 is 1.82 bits per heavy atom. The topological polar surface area (TPSA) is 52.9 Å². The summed E-state index contributed by atoms with van der Waals surface area (Å²) in [5, 5.41) is 20.4. The molecule has 0 amide bonds. The number of aliphatic hydroxyl groups excluding tert-OH is 2. The van der Waals surface area contributed by atoms with Crippen LogP contribution in [0.2, 0.25) is 0 Å². The summed E-state index contributed by atoms with van der Waals surface area (Å²) in [6, 6.07) is 18.6. The summed E-state index contributed by atoms with van der Waals surface area (Å²) in [5.74, 6) is 0.889. The van der Waals surface area contributed by atoms with Gasteiger partial charge in [-0.1, -0.05) is 55.8 Å². The normalized spacial score (nSPS) is 22.9. The van der Waals surface area contributed by atoms with Crippen molar-refractivity contribution in [2.24, 2.45) is 5.41 Å². The van der Waals surface area contributed by atoms with Crippen LogP contribution in [0.4, 0.5) is 0 Å². The molecule has 0 aliphatic carbocycles. The lowest BCUT2D eigenvalue weighted by Crippen LogP contribution is -2.52. The van der Waals surface area contributed by atoms with Crippen LogP contribution >= 0.6 is 0 Å². The highest BCUT2D eigenvalue weighted by atomic mass is 16.5. The van der Waals surface area contributed by atoms with Crippen LogP contribution in [-0.4, -0.2) is 47.5 Å². The van der Waals surface area contributed by atoms with Gasteiger partial charge in [0.2, 0.25) is 0 Å². The smallest absolute Gasteiger partial charge is 0.119 e. The zero-order chi connectivity index (χ0) is 19.8. The minimum absolute atomic E-state index is 0.0743. The van der Waals surface area contributed by atoms with Gasteiger partial charge in [0, 0.05) is 24.9 Å². The molecule has 28 heavy (non-hydrogen) atoms. The summed E-state index contributed by atoms with van der Waals surface area (Å²) in [7, 11) is 0. The van der Waals surface area contributed by atoms with Crippen LogP contribution in [-0.2, 0) is 13.0 Å². The maximum Gasteiger partial charge on any atom is 0.119 e. The molecule has 0 aromatic heterocycles. The molecule has 0 spiro atoms. The van der Waals surface area contributed by atoms with E-state index in [4.69, 9.17) is 4.74 Å². The largest absolute Gasteiger partial charge is 0.493 e. The molecule has 1 heterocycles. The van der Waals surface area contributed by atoms with Crippen LogP contribution in [0.15, 0.2) is 54.6 Å². The Balaban J connectivity index is 1.47. The fraction of sp³-hybridized carbons (Fsp3) is 0.500. The molecule has 1 saturated heterocycles. The predicted molar refractivity (Wildman–Crippen MR) is 112 cm³/mol. The number of piperidine rings is 1. The number of ether oxygens (including phenoxy) is 1. The summed E-state index contributed by atoms with van der Waals surface area (Å²) in [6.07, 6.45) is 3.15. The summed E-state index contributed by atoms with van der Waals surface area (Å²) in [4.78, 5) is 2.28. The summed E-state index contributed by atoms with van der Waals surface area (Å²) < 4.78 is 5.86. The number of rotatable bonds is 9. The van der Waals surface area contributed by atoms with Crippen molar-refractivity contribution in [2.45, 2.75) is 45.3 Å². The third-order valence-corrected chi connectivity index (χ3v) is 5.96. The number of aliphatic hydroxyl groups is 2. The molecule has 1 aliphatic heterocycles. The zero-order valence-electron chi connectivity index (χ0n) is 16.9. The second-order valence-corrected chi connectivity index (χ2v) is 8.00. The number of hydrogen-bond acceptors (Lipinski definition) is 4. The molecule has 3 rings (SSSR count). The molecule has 1 fully saturated rings. The van der Waals surface area contributed by atoms with Crippen LogP contribution in [0.3, 0.4) is 0 Å². The van der Waals surface area contributed by atoms with Gasteiger partial charge in [-0.25, -0.2) is 0 Å². The van der Waals surface area contributed by atoms with Crippen LogP contribution in [0.25, 0.3) is 0 Å². The average Bonchev–Trinajstić information content (AvgIpc) is 2.72. The fourth-order valence-corrected chi connectivity index (χ4v) is 4.15. The third-order valence-electron chi connectivity index (χ3n) is 5.96. The van der Waals surface area contributed by atoms with E-state index in [0.29, 0.717) is 13.2 Å². The molecule has 2 aromatic rings. The maximum absolute atomic E-state index is 10.6. The van der Waals surface area contributed by atoms with Crippen molar-refractivity contribution in [3.63, 3.8) is 0 Å². The average molecular weight is 384 g/mol. The first-order valence-electron chi connectivity index (χ1n) is 10.4. The van der Waals surface area contributed by atoms with Gasteiger partial charge in [0.1, 0.15) is 5.75 Å². The van der Waals surface area contributed by atoms with E-state index in [-0.39, 0.29) is 12.0 Å². The Morgan fingerprint density at radius 3 is 2.46 bits per heavy atom. The molecule has 4 heteroatoms. The number of β-amino-alcohol motifs (C(OH)–C–C–N with tert-alkyl or cyclic N) is 1. The van der Waals surface area contributed by atoms with Crippen molar-refractivity contribution >= 4 is 0 Å². The molecule has 0 saturated carbocycles. The summed E-state index contributed by atoms with van der Waals surface area (Å²) in [6.45, 7) is 5.20. The molecule has 2 atom stereocenters. The molecule has 152 valence electrons. The predicted octanol–water partition coefficient (Wildman–Crippen LogP) is 3.65. The van der Waals surface area contributed by atoms with Crippen molar-refractivity contribution in [1.82, 2.24) is 4.90 Å². The van der Waals surface area contributed by atoms with Gasteiger partial charge in [0.15, 0.2) is 0 Å². The number of nitrogens with zero attached hydrogens (tertiary/aromatic N) is 1. The van der Waals surface area contributed by atoms with Crippen molar-refractivity contribution in [3.05, 3.63) is 65.7 Å². The second-order valence-electron chi connectivity index (χ2n) is 8.00. The van der Waals surface area contributed by atoms with Gasteiger partial charge in [-0.15, -0.1) is 0 Å². The van der Waals surface area contributed by atoms with E-state index in [9.17, 15) is 10.2 Å². The van der Waals surface area contributed by atoms with Gasteiger partial charge in [0.25, 0.3) is 0 Å². The van der Waals surface area contributed by atoms with E-state index < -0.39 is 6.10 Å². The van der Waals surface area contributed by atoms with Crippen LogP contribution in [0.5, 0.6) is 5.75 Å². The fourth-order valence-electron chi connectivity index (χ4n) is 4.15. The van der Waals surface area contributed by atoms with E-state index >= 15 is 0 Å². The summed E-state index contributed by atoms with van der Waals surface area (Å²) in [5.41, 5.74) is 2.18. The lowest BCUT2D eigenvalue weighted by Gasteiger charge is -2.44. The van der Waals surface area contributed by atoms with Crippen molar-refractivity contribution in [2.75, 3.05) is 26.3 Å². The first kappa shape index (κ1) is 20.8. The minimum Gasteiger partial charge on any atom is -0.493 e. The molecule has 0 bridgehead atoms. The first-order valence-corrected chi connectivity index (χ1v) is 10.4. The Labute approximate surface area is 168 Å². The van der Waals surface area contributed by atoms with Crippen LogP contribution in [0, 0.1) is 5.41 Å².